The Morgan fingerprint density at radius 3 is 2.84 bits per heavy atom. The summed E-state index contributed by atoms with van der Waals surface area (Å²) in [7, 11) is 0. The van der Waals surface area contributed by atoms with E-state index in [1.165, 1.54) is 48.3 Å². The molecule has 5 unspecified atom stereocenters. The van der Waals surface area contributed by atoms with Crippen molar-refractivity contribution < 1.29 is 0 Å². The molecule has 3 aliphatic carbocycles. The first kappa shape index (κ1) is 12.4. The molecule has 1 aromatic heterocycles. The lowest BCUT2D eigenvalue weighted by molar-refractivity contribution is 0.157. The summed E-state index contributed by atoms with van der Waals surface area (Å²) >= 11 is 1.99. The van der Waals surface area contributed by atoms with Crippen LogP contribution in [0.15, 0.2) is 12.1 Å². The first-order chi connectivity index (χ1) is 9.19. The summed E-state index contributed by atoms with van der Waals surface area (Å²) in [4.78, 5) is 3.04. The molecule has 19 heavy (non-hydrogen) atoms. The van der Waals surface area contributed by atoms with Crippen molar-refractivity contribution in [2.24, 2.45) is 29.4 Å². The van der Waals surface area contributed by atoms with Gasteiger partial charge in [0.2, 0.25) is 0 Å². The van der Waals surface area contributed by atoms with Crippen molar-refractivity contribution in [3.8, 4) is 0 Å². The van der Waals surface area contributed by atoms with Gasteiger partial charge in [0.1, 0.15) is 0 Å². The number of aryl methyl sites for hydroxylation is 1. The number of thiophene rings is 1. The topological polar surface area (TPSA) is 26.0 Å². The zero-order valence-electron chi connectivity index (χ0n) is 11.9. The second-order valence-corrected chi connectivity index (χ2v) is 8.45. The van der Waals surface area contributed by atoms with Crippen LogP contribution < -0.4 is 5.73 Å². The maximum absolute atomic E-state index is 6.89. The Labute approximate surface area is 120 Å². The number of hydrogen-bond acceptors (Lipinski definition) is 2. The average Bonchev–Trinajstić information content (AvgIpc) is 3.08. The van der Waals surface area contributed by atoms with Crippen molar-refractivity contribution in [2.75, 3.05) is 0 Å². The summed E-state index contributed by atoms with van der Waals surface area (Å²) in [5, 5.41) is 0. The molecule has 1 aromatic rings. The number of hydrogen-bond donors (Lipinski definition) is 1. The van der Waals surface area contributed by atoms with Crippen LogP contribution in [-0.4, -0.2) is 5.54 Å². The van der Waals surface area contributed by atoms with Crippen LogP contribution in [0.3, 0.4) is 0 Å². The quantitative estimate of drug-likeness (QED) is 0.886. The van der Waals surface area contributed by atoms with Crippen molar-refractivity contribution in [3.05, 3.63) is 21.9 Å². The number of fused-ring (bicyclic) bond motifs is 5. The van der Waals surface area contributed by atoms with Crippen molar-refractivity contribution >= 4 is 11.3 Å². The van der Waals surface area contributed by atoms with Gasteiger partial charge in [0, 0.05) is 21.7 Å². The Balaban J connectivity index is 1.55. The molecular formula is C17H25NS. The second-order valence-electron chi connectivity index (χ2n) is 7.20. The van der Waals surface area contributed by atoms with E-state index < -0.39 is 0 Å². The van der Waals surface area contributed by atoms with Crippen LogP contribution in [0.2, 0.25) is 0 Å². The van der Waals surface area contributed by atoms with Gasteiger partial charge in [-0.25, -0.2) is 0 Å². The molecule has 3 saturated carbocycles. The van der Waals surface area contributed by atoms with Crippen LogP contribution in [0.5, 0.6) is 0 Å². The fourth-order valence-corrected chi connectivity index (χ4v) is 6.64. The smallest absolute Gasteiger partial charge is 0.0237 e. The predicted octanol–water partition coefficient (Wildman–Crippen LogP) is 4.01. The summed E-state index contributed by atoms with van der Waals surface area (Å²) < 4.78 is 0. The molecule has 3 aliphatic rings. The first-order valence-corrected chi connectivity index (χ1v) is 8.88. The Morgan fingerprint density at radius 1 is 1.26 bits per heavy atom. The van der Waals surface area contributed by atoms with Gasteiger partial charge in [-0.3, -0.25) is 0 Å². The lowest BCUT2D eigenvalue weighted by Gasteiger charge is -2.40. The number of nitrogens with two attached hydrogens (primary N) is 1. The van der Waals surface area contributed by atoms with Crippen LogP contribution in [0, 0.1) is 23.7 Å². The van der Waals surface area contributed by atoms with Crippen LogP contribution in [-0.2, 0) is 12.8 Å². The fraction of sp³-hybridized carbons (Fsp3) is 0.765. The number of rotatable bonds is 3. The normalized spacial score (nSPS) is 43.9. The summed E-state index contributed by atoms with van der Waals surface area (Å²) in [5.74, 6) is 3.83. The maximum Gasteiger partial charge on any atom is 0.0237 e. The molecule has 0 radical (unpaired) electrons. The minimum atomic E-state index is 0.131. The molecule has 0 spiro atoms. The molecule has 1 heterocycles. The van der Waals surface area contributed by atoms with E-state index in [0.717, 1.165) is 30.1 Å². The molecule has 104 valence electrons. The van der Waals surface area contributed by atoms with Crippen LogP contribution in [0.1, 0.15) is 48.8 Å². The Kier molecular flexibility index (Phi) is 2.82. The van der Waals surface area contributed by atoms with Crippen molar-refractivity contribution in [1.82, 2.24) is 0 Å². The molecule has 0 aliphatic heterocycles. The molecule has 5 atom stereocenters. The highest BCUT2D eigenvalue weighted by atomic mass is 32.1. The highest BCUT2D eigenvalue weighted by molar-refractivity contribution is 7.12. The fourth-order valence-electron chi connectivity index (χ4n) is 5.55. The summed E-state index contributed by atoms with van der Waals surface area (Å²) in [6.45, 7) is 2.24. The molecule has 1 nitrogen and oxygen atoms in total. The SMILES string of the molecule is CCc1ccc(CC2(N)CC3CC2C2CCCC32)s1. The maximum atomic E-state index is 6.89. The van der Waals surface area contributed by atoms with Crippen LogP contribution in [0.4, 0.5) is 0 Å². The van der Waals surface area contributed by atoms with Gasteiger partial charge >= 0.3 is 0 Å². The Morgan fingerprint density at radius 2 is 2.05 bits per heavy atom. The summed E-state index contributed by atoms with van der Waals surface area (Å²) in [6.07, 6.45) is 9.49. The zero-order chi connectivity index (χ0) is 13.0. The molecule has 0 amide bonds. The third kappa shape index (κ3) is 1.83. The van der Waals surface area contributed by atoms with Crippen molar-refractivity contribution in [2.45, 2.75) is 57.4 Å². The van der Waals surface area contributed by atoms with E-state index in [0.29, 0.717) is 0 Å². The van der Waals surface area contributed by atoms with Gasteiger partial charge in [-0.2, -0.15) is 0 Å². The third-order valence-electron chi connectivity index (χ3n) is 6.25. The minimum Gasteiger partial charge on any atom is -0.325 e. The third-order valence-corrected chi connectivity index (χ3v) is 7.48. The van der Waals surface area contributed by atoms with Gasteiger partial charge in [0.05, 0.1) is 0 Å². The van der Waals surface area contributed by atoms with E-state index in [-0.39, 0.29) is 5.54 Å². The van der Waals surface area contributed by atoms with E-state index in [4.69, 9.17) is 5.73 Å². The van der Waals surface area contributed by atoms with Crippen LogP contribution in [0.25, 0.3) is 0 Å². The zero-order valence-corrected chi connectivity index (χ0v) is 12.7. The molecule has 2 bridgehead atoms. The van der Waals surface area contributed by atoms with E-state index in [1.807, 2.05) is 11.3 Å². The van der Waals surface area contributed by atoms with E-state index in [1.54, 1.807) is 0 Å². The Hall–Kier alpha value is -0.340. The summed E-state index contributed by atoms with van der Waals surface area (Å²) in [6, 6.07) is 4.63. The molecular weight excluding hydrogens is 250 g/mol. The monoisotopic (exact) mass is 275 g/mol. The van der Waals surface area contributed by atoms with Gasteiger partial charge < -0.3 is 5.73 Å². The van der Waals surface area contributed by atoms with Crippen molar-refractivity contribution in [3.63, 3.8) is 0 Å². The second kappa shape index (κ2) is 4.33. The molecule has 0 saturated heterocycles. The van der Waals surface area contributed by atoms with Gasteiger partial charge in [0.25, 0.3) is 0 Å². The van der Waals surface area contributed by atoms with Gasteiger partial charge in [-0.1, -0.05) is 13.3 Å². The van der Waals surface area contributed by atoms with Gasteiger partial charge in [0.15, 0.2) is 0 Å². The highest BCUT2D eigenvalue weighted by Crippen LogP contribution is 2.62. The molecule has 3 fully saturated rings. The van der Waals surface area contributed by atoms with E-state index in [2.05, 4.69) is 19.1 Å². The molecule has 0 aromatic carbocycles. The summed E-state index contributed by atoms with van der Waals surface area (Å²) in [5.41, 5.74) is 7.02. The van der Waals surface area contributed by atoms with Crippen molar-refractivity contribution in [1.29, 1.82) is 0 Å². The van der Waals surface area contributed by atoms with E-state index >= 15 is 0 Å². The van der Waals surface area contributed by atoms with Gasteiger partial charge in [-0.05, 0) is 67.9 Å². The molecule has 4 rings (SSSR count). The Bertz CT molecular complexity index is 479. The highest BCUT2D eigenvalue weighted by Gasteiger charge is 2.59. The largest absolute Gasteiger partial charge is 0.325 e. The average molecular weight is 275 g/mol. The molecule has 2 N–H and O–H groups in total. The minimum absolute atomic E-state index is 0.131. The lowest BCUT2D eigenvalue weighted by Crippen LogP contribution is -2.50. The molecule has 2 heteroatoms. The van der Waals surface area contributed by atoms with Gasteiger partial charge in [-0.15, -0.1) is 11.3 Å². The standard InChI is InChI=1S/C17H25NS/c1-2-12-6-7-13(19-12)10-17(18)9-11-8-16(17)15-5-3-4-14(11)15/h6-7,11,14-16H,2-5,8-10,18H2,1H3. The van der Waals surface area contributed by atoms with E-state index in [9.17, 15) is 0 Å². The predicted molar refractivity (Wildman–Crippen MR) is 81.4 cm³/mol. The van der Waals surface area contributed by atoms with Crippen LogP contribution >= 0.6 is 11.3 Å². The first-order valence-electron chi connectivity index (χ1n) is 8.06. The lowest BCUT2D eigenvalue weighted by atomic mass is 9.70.